The Morgan fingerprint density at radius 2 is 1.85 bits per heavy atom. The van der Waals surface area contributed by atoms with E-state index < -0.39 is 0 Å². The Morgan fingerprint density at radius 3 is 2.75 bits per heavy atom. The number of aryl methyl sites for hydroxylation is 1. The summed E-state index contributed by atoms with van der Waals surface area (Å²) >= 11 is 0. The third-order valence-electron chi connectivity index (χ3n) is 4.24. The molecule has 0 saturated carbocycles. The van der Waals surface area contributed by atoms with Crippen molar-refractivity contribution in [2.75, 3.05) is 13.6 Å². The molecular formula is C18H23NO. The highest BCUT2D eigenvalue weighted by Gasteiger charge is 2.24. The van der Waals surface area contributed by atoms with Crippen molar-refractivity contribution in [3.8, 4) is 0 Å². The molecule has 2 heteroatoms. The number of likely N-dealkylation sites (N-methyl/N-ethyl adjacent to an activating group) is 1. The number of benzene rings is 2. The lowest BCUT2D eigenvalue weighted by Crippen LogP contribution is -2.24. The topological polar surface area (TPSA) is 21.3 Å². The predicted molar refractivity (Wildman–Crippen MR) is 84.1 cm³/mol. The summed E-state index contributed by atoms with van der Waals surface area (Å²) in [6.07, 6.45) is 5.50. The van der Waals surface area contributed by atoms with Crippen molar-refractivity contribution in [1.29, 1.82) is 0 Å². The zero-order valence-corrected chi connectivity index (χ0v) is 12.1. The fourth-order valence-electron chi connectivity index (χ4n) is 3.20. The summed E-state index contributed by atoms with van der Waals surface area (Å²) in [4.78, 5) is 0. The maximum atomic E-state index is 6.07. The van der Waals surface area contributed by atoms with E-state index in [1.807, 2.05) is 7.05 Å². The van der Waals surface area contributed by atoms with Crippen LogP contribution in [0.5, 0.6) is 0 Å². The second-order valence-electron chi connectivity index (χ2n) is 5.69. The molecule has 20 heavy (non-hydrogen) atoms. The third kappa shape index (κ3) is 3.02. The van der Waals surface area contributed by atoms with Crippen LogP contribution in [-0.2, 0) is 11.2 Å². The molecule has 2 aromatic rings. The molecule has 1 fully saturated rings. The molecule has 0 aliphatic carbocycles. The van der Waals surface area contributed by atoms with Gasteiger partial charge in [0.2, 0.25) is 0 Å². The summed E-state index contributed by atoms with van der Waals surface area (Å²) in [6, 6.07) is 15.3. The van der Waals surface area contributed by atoms with Gasteiger partial charge in [-0.2, -0.15) is 0 Å². The van der Waals surface area contributed by atoms with Gasteiger partial charge in [0.15, 0.2) is 0 Å². The zero-order valence-electron chi connectivity index (χ0n) is 12.1. The first kappa shape index (κ1) is 13.6. The molecule has 0 spiro atoms. The fourth-order valence-corrected chi connectivity index (χ4v) is 3.20. The van der Waals surface area contributed by atoms with Gasteiger partial charge in [-0.25, -0.2) is 0 Å². The minimum Gasteiger partial charge on any atom is -0.374 e. The Morgan fingerprint density at radius 1 is 1.05 bits per heavy atom. The first-order chi connectivity index (χ1) is 9.86. The van der Waals surface area contributed by atoms with E-state index in [-0.39, 0.29) is 0 Å². The first-order valence-corrected chi connectivity index (χ1v) is 7.63. The van der Waals surface area contributed by atoms with Crippen molar-refractivity contribution < 1.29 is 4.74 Å². The Balaban J connectivity index is 1.63. The number of ether oxygens (including phenoxy) is 1. The van der Waals surface area contributed by atoms with Gasteiger partial charge in [-0.05, 0) is 49.1 Å². The van der Waals surface area contributed by atoms with E-state index in [2.05, 4.69) is 47.8 Å². The highest BCUT2D eigenvalue weighted by Crippen LogP contribution is 2.25. The minimum atomic E-state index is 0.414. The maximum Gasteiger partial charge on any atom is 0.0704 e. The minimum absolute atomic E-state index is 0.414. The van der Waals surface area contributed by atoms with Gasteiger partial charge in [0.1, 0.15) is 0 Å². The normalized spacial score (nSPS) is 22.4. The molecule has 0 radical (unpaired) electrons. The van der Waals surface area contributed by atoms with Crippen LogP contribution in [0, 0.1) is 0 Å². The first-order valence-electron chi connectivity index (χ1n) is 7.63. The van der Waals surface area contributed by atoms with Crippen LogP contribution in [0.15, 0.2) is 42.5 Å². The summed E-state index contributed by atoms with van der Waals surface area (Å²) in [7, 11) is 1.99. The molecule has 0 amide bonds. The molecule has 2 nitrogen and oxygen atoms in total. The van der Waals surface area contributed by atoms with E-state index in [0.717, 1.165) is 19.4 Å². The van der Waals surface area contributed by atoms with Gasteiger partial charge in [-0.3, -0.25) is 0 Å². The molecule has 2 aromatic carbocycles. The van der Waals surface area contributed by atoms with Gasteiger partial charge < -0.3 is 10.1 Å². The zero-order chi connectivity index (χ0) is 13.8. The molecule has 1 heterocycles. The van der Waals surface area contributed by atoms with Gasteiger partial charge >= 0.3 is 0 Å². The third-order valence-corrected chi connectivity index (χ3v) is 4.24. The van der Waals surface area contributed by atoms with Crippen molar-refractivity contribution in [3.63, 3.8) is 0 Å². The van der Waals surface area contributed by atoms with Crippen LogP contribution in [0.2, 0.25) is 0 Å². The van der Waals surface area contributed by atoms with Gasteiger partial charge in [-0.15, -0.1) is 0 Å². The van der Waals surface area contributed by atoms with E-state index in [0.29, 0.717) is 12.2 Å². The van der Waals surface area contributed by atoms with Gasteiger partial charge in [-0.1, -0.05) is 42.5 Å². The molecule has 1 N–H and O–H groups in total. The summed E-state index contributed by atoms with van der Waals surface area (Å²) in [6.45, 7) is 0.977. The molecule has 1 aliphatic rings. The molecule has 0 aromatic heterocycles. The molecule has 2 atom stereocenters. The Hall–Kier alpha value is -1.38. The van der Waals surface area contributed by atoms with E-state index in [1.165, 1.54) is 29.2 Å². The number of rotatable bonds is 5. The summed E-state index contributed by atoms with van der Waals surface area (Å²) in [5.74, 6) is 0. The highest BCUT2D eigenvalue weighted by molar-refractivity contribution is 5.85. The van der Waals surface area contributed by atoms with Crippen LogP contribution < -0.4 is 5.32 Å². The van der Waals surface area contributed by atoms with Crippen molar-refractivity contribution in [2.24, 2.45) is 0 Å². The van der Waals surface area contributed by atoms with Crippen molar-refractivity contribution in [3.05, 3.63) is 48.0 Å². The Bertz CT molecular complexity index is 561. The molecule has 0 bridgehead atoms. The van der Waals surface area contributed by atoms with Crippen molar-refractivity contribution in [2.45, 2.75) is 37.9 Å². The van der Waals surface area contributed by atoms with Crippen LogP contribution in [-0.4, -0.2) is 25.8 Å². The van der Waals surface area contributed by atoms with E-state index in [9.17, 15) is 0 Å². The van der Waals surface area contributed by atoms with Crippen LogP contribution >= 0.6 is 0 Å². The van der Waals surface area contributed by atoms with Crippen molar-refractivity contribution >= 4 is 10.8 Å². The number of nitrogens with one attached hydrogen (secondary N) is 1. The van der Waals surface area contributed by atoms with E-state index in [1.54, 1.807) is 0 Å². The summed E-state index contributed by atoms with van der Waals surface area (Å²) in [5.41, 5.74) is 1.45. The molecular weight excluding hydrogens is 246 g/mol. The second-order valence-corrected chi connectivity index (χ2v) is 5.69. The maximum absolute atomic E-state index is 6.07. The lowest BCUT2D eigenvalue weighted by molar-refractivity contribution is 0.0422. The Kier molecular flexibility index (Phi) is 4.34. The van der Waals surface area contributed by atoms with E-state index in [4.69, 9.17) is 4.74 Å². The van der Waals surface area contributed by atoms with Crippen LogP contribution in [0.3, 0.4) is 0 Å². The fraction of sp³-hybridized carbons (Fsp3) is 0.444. The van der Waals surface area contributed by atoms with Gasteiger partial charge in [0.05, 0.1) is 12.2 Å². The summed E-state index contributed by atoms with van der Waals surface area (Å²) < 4.78 is 6.07. The summed E-state index contributed by atoms with van der Waals surface area (Å²) in [5, 5.41) is 5.93. The van der Waals surface area contributed by atoms with Crippen LogP contribution in [0.1, 0.15) is 24.8 Å². The molecule has 1 aliphatic heterocycles. The smallest absolute Gasteiger partial charge is 0.0704 e. The lowest BCUT2D eigenvalue weighted by atomic mass is 9.99. The molecule has 2 unspecified atom stereocenters. The predicted octanol–water partition coefficient (Wildman–Crippen LogP) is 3.54. The molecule has 3 rings (SSSR count). The standard InChI is InChI=1S/C18H23NO/c1-19-13-17-12-11-16(20-17)10-9-15-7-4-6-14-5-2-3-8-18(14)15/h2-8,16-17,19H,9-13H2,1H3. The second kappa shape index (κ2) is 6.38. The lowest BCUT2D eigenvalue weighted by Gasteiger charge is -2.14. The molecule has 1 saturated heterocycles. The monoisotopic (exact) mass is 269 g/mol. The van der Waals surface area contributed by atoms with Crippen molar-refractivity contribution in [1.82, 2.24) is 5.32 Å². The quantitative estimate of drug-likeness (QED) is 0.896. The largest absolute Gasteiger partial charge is 0.374 e. The number of fused-ring (bicyclic) bond motifs is 1. The Labute approximate surface area is 121 Å². The van der Waals surface area contributed by atoms with Gasteiger partial charge in [0.25, 0.3) is 0 Å². The number of hydrogen-bond donors (Lipinski definition) is 1. The van der Waals surface area contributed by atoms with Crippen LogP contribution in [0.25, 0.3) is 10.8 Å². The van der Waals surface area contributed by atoms with E-state index >= 15 is 0 Å². The number of hydrogen-bond acceptors (Lipinski definition) is 2. The van der Waals surface area contributed by atoms with Gasteiger partial charge in [0, 0.05) is 6.54 Å². The highest BCUT2D eigenvalue weighted by atomic mass is 16.5. The average Bonchev–Trinajstić information content (AvgIpc) is 2.93. The average molecular weight is 269 g/mol. The SMILES string of the molecule is CNCC1CCC(CCc2cccc3ccccc23)O1. The molecule has 106 valence electrons. The van der Waals surface area contributed by atoms with Crippen LogP contribution in [0.4, 0.5) is 0 Å².